The highest BCUT2D eigenvalue weighted by Gasteiger charge is 2.42. The number of rotatable bonds is 1. The Hall–Kier alpha value is -1.18. The zero-order valence-electron chi connectivity index (χ0n) is 10.9. The third kappa shape index (κ3) is 1.40. The van der Waals surface area contributed by atoms with Gasteiger partial charge in [-0.3, -0.25) is 0 Å². The molecule has 2 N–H and O–H groups in total. The van der Waals surface area contributed by atoms with Gasteiger partial charge in [0.25, 0.3) is 0 Å². The Morgan fingerprint density at radius 2 is 1.94 bits per heavy atom. The molecule has 1 heterocycles. The molecule has 1 aromatic carbocycles. The fourth-order valence-electron chi connectivity index (χ4n) is 2.81. The van der Waals surface area contributed by atoms with E-state index in [4.69, 9.17) is 5.73 Å². The number of fused-ring (bicyclic) bond motifs is 1. The van der Waals surface area contributed by atoms with Crippen molar-refractivity contribution in [1.82, 2.24) is 0 Å². The Labute approximate surface area is 98.4 Å². The molecule has 1 aliphatic rings. The second-order valence-corrected chi connectivity index (χ2v) is 5.68. The van der Waals surface area contributed by atoms with Crippen LogP contribution in [-0.2, 0) is 5.41 Å². The minimum atomic E-state index is 0.202. The first kappa shape index (κ1) is 11.3. The Morgan fingerprint density at radius 3 is 2.50 bits per heavy atom. The minimum Gasteiger partial charge on any atom is -0.399 e. The maximum atomic E-state index is 5.90. The van der Waals surface area contributed by atoms with Crippen LogP contribution in [0.3, 0.4) is 0 Å². The number of nitrogens with zero attached hydrogens (tertiary/aromatic N) is 1. The van der Waals surface area contributed by atoms with Gasteiger partial charge in [-0.1, -0.05) is 19.9 Å². The van der Waals surface area contributed by atoms with Crippen molar-refractivity contribution in [3.8, 4) is 0 Å². The van der Waals surface area contributed by atoms with Crippen LogP contribution < -0.4 is 10.6 Å². The molecule has 2 heteroatoms. The smallest absolute Gasteiger partial charge is 0.0430 e. The monoisotopic (exact) mass is 218 g/mol. The maximum Gasteiger partial charge on any atom is 0.0430 e. The Balaban J connectivity index is 2.60. The number of nitrogen functional groups attached to an aromatic ring is 1. The predicted octanol–water partition coefficient (Wildman–Crippen LogP) is 3.16. The van der Waals surface area contributed by atoms with E-state index in [9.17, 15) is 0 Å². The van der Waals surface area contributed by atoms with Crippen LogP contribution in [-0.4, -0.2) is 12.1 Å². The summed E-state index contributed by atoms with van der Waals surface area (Å²) in [5, 5.41) is 0. The van der Waals surface area contributed by atoms with Crippen LogP contribution in [0.2, 0.25) is 0 Å². The van der Waals surface area contributed by atoms with Gasteiger partial charge >= 0.3 is 0 Å². The van der Waals surface area contributed by atoms with E-state index in [1.807, 2.05) is 6.07 Å². The van der Waals surface area contributed by atoms with Crippen molar-refractivity contribution in [3.05, 3.63) is 23.8 Å². The first-order valence-corrected chi connectivity index (χ1v) is 6.04. The normalized spacial score (nSPS) is 22.6. The van der Waals surface area contributed by atoms with Crippen molar-refractivity contribution < 1.29 is 0 Å². The molecule has 2 rings (SSSR count). The van der Waals surface area contributed by atoms with Crippen molar-refractivity contribution in [2.45, 2.75) is 52.1 Å². The summed E-state index contributed by atoms with van der Waals surface area (Å²) in [4.78, 5) is 2.48. The zero-order chi connectivity index (χ0) is 12.1. The molecule has 0 amide bonds. The van der Waals surface area contributed by atoms with Gasteiger partial charge in [0.15, 0.2) is 0 Å². The molecule has 0 spiro atoms. The van der Waals surface area contributed by atoms with Crippen LogP contribution in [0, 0.1) is 0 Å². The third-order valence-corrected chi connectivity index (χ3v) is 4.01. The summed E-state index contributed by atoms with van der Waals surface area (Å²) in [5.74, 6) is 0. The molecule has 2 nitrogen and oxygen atoms in total. The highest BCUT2D eigenvalue weighted by molar-refractivity contribution is 5.69. The molecule has 0 aromatic heterocycles. The molecule has 1 unspecified atom stereocenters. The van der Waals surface area contributed by atoms with Gasteiger partial charge in [-0.25, -0.2) is 0 Å². The van der Waals surface area contributed by atoms with E-state index in [2.05, 4.69) is 51.7 Å². The minimum absolute atomic E-state index is 0.202. The molecule has 16 heavy (non-hydrogen) atoms. The lowest BCUT2D eigenvalue weighted by atomic mass is 9.81. The number of nitrogens with two attached hydrogens (primary N) is 1. The molecule has 1 aromatic rings. The molecule has 0 saturated carbocycles. The van der Waals surface area contributed by atoms with E-state index >= 15 is 0 Å². The van der Waals surface area contributed by atoms with Crippen molar-refractivity contribution in [1.29, 1.82) is 0 Å². The van der Waals surface area contributed by atoms with Crippen molar-refractivity contribution in [2.75, 3.05) is 10.6 Å². The Kier molecular flexibility index (Phi) is 2.41. The molecule has 1 atom stereocenters. The van der Waals surface area contributed by atoms with Crippen LogP contribution in [0.4, 0.5) is 11.4 Å². The van der Waals surface area contributed by atoms with Crippen LogP contribution in [0.1, 0.15) is 40.2 Å². The first-order chi connectivity index (χ1) is 7.35. The second-order valence-electron chi connectivity index (χ2n) is 5.68. The third-order valence-electron chi connectivity index (χ3n) is 4.01. The standard InChI is InChI=1S/C14H22N2/c1-9(2)16-10(3)14(4,5)12-7-6-11(15)8-13(12)16/h6-10H,15H2,1-5H3. The van der Waals surface area contributed by atoms with Crippen molar-refractivity contribution >= 4 is 11.4 Å². The summed E-state index contributed by atoms with van der Waals surface area (Å²) in [5.41, 5.74) is 9.69. The fourth-order valence-corrected chi connectivity index (χ4v) is 2.81. The Bertz CT molecular complexity index is 407. The summed E-state index contributed by atoms with van der Waals surface area (Å²) in [7, 11) is 0. The molecule has 0 aliphatic carbocycles. The molecular formula is C14H22N2. The lowest BCUT2D eigenvalue weighted by molar-refractivity contribution is 0.425. The molecule has 88 valence electrons. The molecule has 0 radical (unpaired) electrons. The van der Waals surface area contributed by atoms with E-state index in [0.29, 0.717) is 12.1 Å². The van der Waals surface area contributed by atoms with E-state index in [1.165, 1.54) is 11.3 Å². The summed E-state index contributed by atoms with van der Waals surface area (Å²) >= 11 is 0. The van der Waals surface area contributed by atoms with E-state index < -0.39 is 0 Å². The number of benzene rings is 1. The zero-order valence-corrected chi connectivity index (χ0v) is 10.9. The average molecular weight is 218 g/mol. The van der Waals surface area contributed by atoms with E-state index in [0.717, 1.165) is 5.69 Å². The molecular weight excluding hydrogens is 196 g/mol. The maximum absolute atomic E-state index is 5.90. The summed E-state index contributed by atoms with van der Waals surface area (Å²) in [6.07, 6.45) is 0. The topological polar surface area (TPSA) is 29.3 Å². The summed E-state index contributed by atoms with van der Waals surface area (Å²) < 4.78 is 0. The van der Waals surface area contributed by atoms with Crippen LogP contribution in [0.25, 0.3) is 0 Å². The van der Waals surface area contributed by atoms with Crippen LogP contribution >= 0.6 is 0 Å². The van der Waals surface area contributed by atoms with Gasteiger partial charge in [0.05, 0.1) is 0 Å². The molecule has 0 fully saturated rings. The highest BCUT2D eigenvalue weighted by atomic mass is 15.2. The highest BCUT2D eigenvalue weighted by Crippen LogP contribution is 2.46. The van der Waals surface area contributed by atoms with Crippen LogP contribution in [0.15, 0.2) is 18.2 Å². The number of hydrogen-bond donors (Lipinski definition) is 1. The van der Waals surface area contributed by atoms with Crippen molar-refractivity contribution in [2.24, 2.45) is 0 Å². The van der Waals surface area contributed by atoms with Gasteiger partial charge in [0, 0.05) is 28.9 Å². The first-order valence-electron chi connectivity index (χ1n) is 6.04. The largest absolute Gasteiger partial charge is 0.399 e. The predicted molar refractivity (Wildman–Crippen MR) is 71.0 cm³/mol. The number of hydrogen-bond acceptors (Lipinski definition) is 2. The van der Waals surface area contributed by atoms with Gasteiger partial charge in [-0.05, 0) is 38.5 Å². The van der Waals surface area contributed by atoms with E-state index in [-0.39, 0.29) is 5.41 Å². The number of anilines is 2. The van der Waals surface area contributed by atoms with E-state index in [1.54, 1.807) is 0 Å². The SMILES string of the molecule is CC(C)N1c2cc(N)ccc2C(C)(C)C1C. The lowest BCUT2D eigenvalue weighted by Crippen LogP contribution is -2.42. The average Bonchev–Trinajstić information content (AvgIpc) is 2.34. The van der Waals surface area contributed by atoms with Crippen LogP contribution in [0.5, 0.6) is 0 Å². The lowest BCUT2D eigenvalue weighted by Gasteiger charge is -2.34. The Morgan fingerprint density at radius 1 is 1.31 bits per heavy atom. The second kappa shape index (κ2) is 3.41. The summed E-state index contributed by atoms with van der Waals surface area (Å²) in [6, 6.07) is 7.34. The van der Waals surface area contributed by atoms with Gasteiger partial charge in [0.2, 0.25) is 0 Å². The molecule has 1 aliphatic heterocycles. The molecule has 0 bridgehead atoms. The quantitative estimate of drug-likeness (QED) is 0.734. The molecule has 0 saturated heterocycles. The van der Waals surface area contributed by atoms with Gasteiger partial charge in [-0.2, -0.15) is 0 Å². The van der Waals surface area contributed by atoms with Gasteiger partial charge in [-0.15, -0.1) is 0 Å². The van der Waals surface area contributed by atoms with Crippen molar-refractivity contribution in [3.63, 3.8) is 0 Å². The summed E-state index contributed by atoms with van der Waals surface area (Å²) in [6.45, 7) is 11.4. The van der Waals surface area contributed by atoms with Gasteiger partial charge in [0.1, 0.15) is 0 Å². The fraction of sp³-hybridized carbons (Fsp3) is 0.571. The van der Waals surface area contributed by atoms with Gasteiger partial charge < -0.3 is 10.6 Å².